The maximum absolute atomic E-state index is 12.8. The van der Waals surface area contributed by atoms with Crippen LogP contribution < -0.4 is 5.32 Å². The molecule has 7 nitrogen and oxygen atoms in total. The number of amides is 2. The topological polar surface area (TPSA) is 72.3 Å². The number of aromatic nitrogens is 3. The highest BCUT2D eigenvalue weighted by Gasteiger charge is 2.25. The first kappa shape index (κ1) is 16.9. The Kier molecular flexibility index (Phi) is 5.47. The van der Waals surface area contributed by atoms with Crippen molar-refractivity contribution in [3.63, 3.8) is 0 Å². The predicted octanol–water partition coefficient (Wildman–Crippen LogP) is 2.33. The minimum atomic E-state index is -0.208. The van der Waals surface area contributed by atoms with E-state index < -0.39 is 0 Å². The first-order valence-electron chi connectivity index (χ1n) is 8.17. The van der Waals surface area contributed by atoms with Crippen LogP contribution in [0.5, 0.6) is 0 Å². The lowest BCUT2D eigenvalue weighted by Crippen LogP contribution is -2.44. The summed E-state index contributed by atoms with van der Waals surface area (Å²) in [6.45, 7) is 3.90. The zero-order chi connectivity index (χ0) is 16.9. The van der Waals surface area contributed by atoms with Gasteiger partial charge in [-0.3, -0.25) is 0 Å². The second-order valence-electron chi connectivity index (χ2n) is 6.07. The first-order chi connectivity index (χ1) is 11.6. The van der Waals surface area contributed by atoms with Gasteiger partial charge < -0.3 is 19.5 Å². The number of nitrogens with one attached hydrogen (secondary N) is 1. The largest absolute Gasteiger partial charge is 0.376 e. The standard InChI is InChI=1S/C16H23N5O2S/c1-12(15-19-17-11-20(15)2)18-16(22)21(9-13-5-3-7-23-13)10-14-6-4-8-24-14/h4,6,8,11-13H,3,5,7,9-10H2,1-2H3,(H,18,22)/t12-,13-/m0/s1. The van der Waals surface area contributed by atoms with Crippen molar-refractivity contribution in [3.05, 3.63) is 34.5 Å². The maximum atomic E-state index is 12.8. The average Bonchev–Trinajstić information content (AvgIpc) is 3.28. The van der Waals surface area contributed by atoms with Gasteiger partial charge in [0.1, 0.15) is 6.33 Å². The summed E-state index contributed by atoms with van der Waals surface area (Å²) >= 11 is 1.66. The summed E-state index contributed by atoms with van der Waals surface area (Å²) in [5.41, 5.74) is 0. The molecule has 0 aliphatic carbocycles. The number of nitrogens with zero attached hydrogens (tertiary/aromatic N) is 4. The average molecular weight is 349 g/mol. The molecule has 1 saturated heterocycles. The molecule has 24 heavy (non-hydrogen) atoms. The summed E-state index contributed by atoms with van der Waals surface area (Å²) in [7, 11) is 1.87. The quantitative estimate of drug-likeness (QED) is 0.869. The van der Waals surface area contributed by atoms with Gasteiger partial charge in [0.15, 0.2) is 5.82 Å². The number of thiophene rings is 1. The van der Waals surface area contributed by atoms with E-state index in [1.807, 2.05) is 41.0 Å². The fraction of sp³-hybridized carbons (Fsp3) is 0.562. The first-order valence-corrected chi connectivity index (χ1v) is 9.04. The lowest BCUT2D eigenvalue weighted by molar-refractivity contribution is 0.0791. The van der Waals surface area contributed by atoms with Gasteiger partial charge in [-0.15, -0.1) is 21.5 Å². The van der Waals surface area contributed by atoms with E-state index in [9.17, 15) is 4.79 Å². The maximum Gasteiger partial charge on any atom is 0.318 e. The molecule has 1 aliphatic rings. The van der Waals surface area contributed by atoms with Crippen LogP contribution in [0.25, 0.3) is 0 Å². The van der Waals surface area contributed by atoms with Crippen molar-refractivity contribution in [2.24, 2.45) is 7.05 Å². The second kappa shape index (κ2) is 7.76. The van der Waals surface area contributed by atoms with Crippen LogP contribution in [-0.2, 0) is 18.3 Å². The number of carbonyl (C=O) groups is 1. The summed E-state index contributed by atoms with van der Waals surface area (Å²) in [5, 5.41) is 13.0. The Balaban J connectivity index is 1.66. The fourth-order valence-corrected chi connectivity index (χ4v) is 3.59. The molecule has 1 aliphatic heterocycles. The summed E-state index contributed by atoms with van der Waals surface area (Å²) in [4.78, 5) is 15.8. The third kappa shape index (κ3) is 4.12. The molecule has 1 N–H and O–H groups in total. The Morgan fingerprint density at radius 3 is 3.12 bits per heavy atom. The van der Waals surface area contributed by atoms with Crippen molar-refractivity contribution in [2.45, 2.75) is 38.5 Å². The van der Waals surface area contributed by atoms with Gasteiger partial charge in [0.05, 0.1) is 18.7 Å². The zero-order valence-corrected chi connectivity index (χ0v) is 14.8. The minimum Gasteiger partial charge on any atom is -0.376 e. The highest BCUT2D eigenvalue weighted by Crippen LogP contribution is 2.18. The summed E-state index contributed by atoms with van der Waals surface area (Å²) in [5.74, 6) is 0.733. The molecule has 3 heterocycles. The van der Waals surface area contributed by atoms with E-state index in [4.69, 9.17) is 4.74 Å². The van der Waals surface area contributed by atoms with E-state index in [1.165, 1.54) is 0 Å². The van der Waals surface area contributed by atoms with Crippen LogP contribution in [0.4, 0.5) is 4.79 Å². The van der Waals surface area contributed by atoms with Gasteiger partial charge in [-0.2, -0.15) is 0 Å². The molecule has 1 fully saturated rings. The number of aryl methyl sites for hydroxylation is 1. The van der Waals surface area contributed by atoms with Crippen molar-refractivity contribution in [1.82, 2.24) is 25.0 Å². The number of hydrogen-bond donors (Lipinski definition) is 1. The van der Waals surface area contributed by atoms with Crippen LogP contribution in [0.1, 0.15) is 36.5 Å². The SMILES string of the molecule is C[C@H](NC(=O)N(Cc1cccs1)C[C@@H]1CCCO1)c1nncn1C. The molecule has 2 aromatic heterocycles. The van der Waals surface area contributed by atoms with E-state index in [2.05, 4.69) is 15.5 Å². The van der Waals surface area contributed by atoms with Gasteiger partial charge in [0, 0.05) is 25.1 Å². The van der Waals surface area contributed by atoms with E-state index in [0.29, 0.717) is 13.1 Å². The summed E-state index contributed by atoms with van der Waals surface area (Å²) in [6.07, 6.45) is 3.83. The Labute approximate surface area is 145 Å². The molecule has 2 atom stereocenters. The van der Waals surface area contributed by atoms with Crippen molar-refractivity contribution >= 4 is 17.4 Å². The van der Waals surface area contributed by atoms with Crippen molar-refractivity contribution < 1.29 is 9.53 Å². The van der Waals surface area contributed by atoms with Crippen LogP contribution in [0.15, 0.2) is 23.8 Å². The highest BCUT2D eigenvalue weighted by atomic mass is 32.1. The van der Waals surface area contributed by atoms with Gasteiger partial charge in [-0.05, 0) is 31.2 Å². The molecule has 0 spiro atoms. The van der Waals surface area contributed by atoms with Crippen LogP contribution >= 0.6 is 11.3 Å². The predicted molar refractivity (Wildman–Crippen MR) is 91.7 cm³/mol. The van der Waals surface area contributed by atoms with Crippen LogP contribution in [-0.4, -0.2) is 45.0 Å². The van der Waals surface area contributed by atoms with E-state index in [1.54, 1.807) is 17.7 Å². The fourth-order valence-electron chi connectivity index (χ4n) is 2.87. The zero-order valence-electron chi connectivity index (χ0n) is 14.0. The smallest absolute Gasteiger partial charge is 0.318 e. The number of urea groups is 1. The molecule has 0 aromatic carbocycles. The van der Waals surface area contributed by atoms with Gasteiger partial charge >= 0.3 is 6.03 Å². The molecule has 0 unspecified atom stereocenters. The summed E-state index contributed by atoms with van der Waals surface area (Å²) < 4.78 is 7.52. The molecule has 2 aromatic rings. The van der Waals surface area contributed by atoms with Crippen molar-refractivity contribution in [1.29, 1.82) is 0 Å². The number of hydrogen-bond acceptors (Lipinski definition) is 5. The number of carbonyl (C=O) groups excluding carboxylic acids is 1. The van der Waals surface area contributed by atoms with E-state index in [0.717, 1.165) is 30.2 Å². The molecule has 3 rings (SSSR count). The van der Waals surface area contributed by atoms with E-state index in [-0.39, 0.29) is 18.2 Å². The Hall–Kier alpha value is -1.93. The summed E-state index contributed by atoms with van der Waals surface area (Å²) in [6, 6.07) is 3.74. The Morgan fingerprint density at radius 1 is 1.62 bits per heavy atom. The monoisotopic (exact) mass is 349 g/mol. The Morgan fingerprint density at radius 2 is 2.50 bits per heavy atom. The van der Waals surface area contributed by atoms with Gasteiger partial charge in [-0.1, -0.05) is 6.07 Å². The van der Waals surface area contributed by atoms with Gasteiger partial charge in [0.25, 0.3) is 0 Å². The van der Waals surface area contributed by atoms with Gasteiger partial charge in [0.2, 0.25) is 0 Å². The van der Waals surface area contributed by atoms with E-state index >= 15 is 0 Å². The van der Waals surface area contributed by atoms with Crippen molar-refractivity contribution in [2.75, 3.05) is 13.2 Å². The normalized spacial score (nSPS) is 18.5. The van der Waals surface area contributed by atoms with Crippen molar-refractivity contribution in [3.8, 4) is 0 Å². The third-order valence-corrected chi connectivity index (χ3v) is 5.00. The minimum absolute atomic E-state index is 0.102. The Bertz CT molecular complexity index is 651. The molecule has 0 bridgehead atoms. The van der Waals surface area contributed by atoms with Crippen LogP contribution in [0, 0.1) is 0 Å². The second-order valence-corrected chi connectivity index (χ2v) is 7.10. The van der Waals surface area contributed by atoms with Crippen LogP contribution in [0.3, 0.4) is 0 Å². The molecule has 0 radical (unpaired) electrons. The molecular weight excluding hydrogens is 326 g/mol. The highest BCUT2D eigenvalue weighted by molar-refractivity contribution is 7.09. The van der Waals surface area contributed by atoms with Gasteiger partial charge in [-0.25, -0.2) is 4.79 Å². The van der Waals surface area contributed by atoms with Crippen LogP contribution in [0.2, 0.25) is 0 Å². The number of rotatable bonds is 6. The molecule has 130 valence electrons. The molecule has 0 saturated carbocycles. The number of ether oxygens (including phenoxy) is 1. The third-order valence-electron chi connectivity index (χ3n) is 4.14. The lowest BCUT2D eigenvalue weighted by atomic mass is 10.2. The lowest BCUT2D eigenvalue weighted by Gasteiger charge is -2.26. The molecule has 2 amide bonds. The molecule has 8 heteroatoms. The molecular formula is C16H23N5O2S.